The van der Waals surface area contributed by atoms with Gasteiger partial charge in [0, 0.05) is 31.9 Å². The summed E-state index contributed by atoms with van der Waals surface area (Å²) in [6, 6.07) is 0.652. The van der Waals surface area contributed by atoms with Gasteiger partial charge in [-0.3, -0.25) is 4.90 Å². The van der Waals surface area contributed by atoms with E-state index in [1.54, 1.807) is 0 Å². The minimum absolute atomic E-state index is 0.652. The van der Waals surface area contributed by atoms with Crippen molar-refractivity contribution >= 4 is 0 Å². The summed E-state index contributed by atoms with van der Waals surface area (Å²) in [4.78, 5) is 6.76. The van der Waals surface area contributed by atoms with Crippen molar-refractivity contribution in [3.05, 3.63) is 18.2 Å². The molecule has 1 rings (SSSR count). The maximum atomic E-state index is 5.50. The highest BCUT2D eigenvalue weighted by Gasteiger charge is 2.11. The third-order valence-electron chi connectivity index (χ3n) is 3.05. The van der Waals surface area contributed by atoms with E-state index >= 15 is 0 Å². The van der Waals surface area contributed by atoms with Crippen LogP contribution in [0.5, 0.6) is 0 Å². The zero-order chi connectivity index (χ0) is 12.0. The molecule has 4 heteroatoms. The van der Waals surface area contributed by atoms with Crippen molar-refractivity contribution < 1.29 is 0 Å². The fourth-order valence-corrected chi connectivity index (χ4v) is 2.06. The molecule has 1 heterocycles. The summed E-state index contributed by atoms with van der Waals surface area (Å²) in [5.41, 5.74) is 6.63. The monoisotopic (exact) mass is 224 g/mol. The van der Waals surface area contributed by atoms with Crippen LogP contribution in [0, 0.1) is 0 Å². The maximum absolute atomic E-state index is 5.50. The van der Waals surface area contributed by atoms with Crippen LogP contribution in [0.3, 0.4) is 0 Å². The van der Waals surface area contributed by atoms with Crippen molar-refractivity contribution in [1.82, 2.24) is 14.5 Å². The fourth-order valence-electron chi connectivity index (χ4n) is 2.06. The Labute approximate surface area is 98.5 Å². The van der Waals surface area contributed by atoms with Crippen LogP contribution >= 0.6 is 0 Å². The molecule has 4 nitrogen and oxygen atoms in total. The molecular weight excluding hydrogens is 200 g/mol. The largest absolute Gasteiger partial charge is 0.336 e. The van der Waals surface area contributed by atoms with Gasteiger partial charge in [-0.05, 0) is 19.9 Å². The number of rotatable bonds is 7. The first-order valence-electron chi connectivity index (χ1n) is 6.12. The Hall–Kier alpha value is -0.870. The van der Waals surface area contributed by atoms with Gasteiger partial charge in [-0.2, -0.15) is 0 Å². The first-order chi connectivity index (χ1) is 7.71. The number of nitrogens with zero attached hydrogens (tertiary/aromatic N) is 3. The highest BCUT2D eigenvalue weighted by atomic mass is 15.1. The Bertz CT molecular complexity index is 291. The molecule has 0 atom stereocenters. The zero-order valence-electron chi connectivity index (χ0n) is 10.7. The van der Waals surface area contributed by atoms with Crippen LogP contribution in [-0.2, 0) is 13.1 Å². The van der Waals surface area contributed by atoms with Gasteiger partial charge in [-0.15, -0.1) is 0 Å². The first kappa shape index (κ1) is 13.2. The lowest BCUT2D eigenvalue weighted by Crippen LogP contribution is -2.30. The van der Waals surface area contributed by atoms with Crippen molar-refractivity contribution in [1.29, 1.82) is 0 Å². The molecule has 0 fully saturated rings. The van der Waals surface area contributed by atoms with Gasteiger partial charge in [0.2, 0.25) is 0 Å². The smallest absolute Gasteiger partial charge is 0.0950 e. The molecule has 0 saturated heterocycles. The molecule has 0 saturated carbocycles. The summed E-state index contributed by atoms with van der Waals surface area (Å²) in [5, 5.41) is 0. The molecule has 0 bridgehead atoms. The van der Waals surface area contributed by atoms with Crippen LogP contribution in [0.2, 0.25) is 0 Å². The van der Waals surface area contributed by atoms with Crippen LogP contribution in [0.25, 0.3) is 0 Å². The van der Waals surface area contributed by atoms with Crippen molar-refractivity contribution in [2.24, 2.45) is 5.73 Å². The van der Waals surface area contributed by atoms with Crippen molar-refractivity contribution in [2.45, 2.75) is 45.8 Å². The molecule has 1 aromatic heterocycles. The lowest BCUT2D eigenvalue weighted by molar-refractivity contribution is 0.219. The summed E-state index contributed by atoms with van der Waals surface area (Å²) in [6.07, 6.45) is 6.34. The topological polar surface area (TPSA) is 47.1 Å². The van der Waals surface area contributed by atoms with Crippen LogP contribution in [0.1, 0.15) is 32.4 Å². The number of imidazole rings is 1. The molecule has 0 aromatic carbocycles. The molecule has 16 heavy (non-hydrogen) atoms. The Kier molecular flexibility index (Phi) is 5.49. The molecule has 0 aliphatic heterocycles. The van der Waals surface area contributed by atoms with Gasteiger partial charge in [0.25, 0.3) is 0 Å². The van der Waals surface area contributed by atoms with Crippen LogP contribution < -0.4 is 5.73 Å². The molecule has 92 valence electrons. The average molecular weight is 224 g/mol. The van der Waals surface area contributed by atoms with E-state index < -0.39 is 0 Å². The average Bonchev–Trinajstić information content (AvgIpc) is 2.68. The summed E-state index contributed by atoms with van der Waals surface area (Å²) in [7, 11) is 2.17. The number of hydrogen-bond donors (Lipinski definition) is 1. The second-order valence-electron chi connectivity index (χ2n) is 4.28. The van der Waals surface area contributed by atoms with Gasteiger partial charge in [-0.25, -0.2) is 4.98 Å². The molecule has 0 unspecified atom stereocenters. The van der Waals surface area contributed by atoms with E-state index in [0.29, 0.717) is 12.6 Å². The van der Waals surface area contributed by atoms with E-state index in [4.69, 9.17) is 5.73 Å². The Balaban J connectivity index is 2.51. The third kappa shape index (κ3) is 3.61. The summed E-state index contributed by atoms with van der Waals surface area (Å²) < 4.78 is 2.05. The summed E-state index contributed by atoms with van der Waals surface area (Å²) >= 11 is 0. The number of hydrogen-bond acceptors (Lipinski definition) is 3. The third-order valence-corrected chi connectivity index (χ3v) is 3.05. The molecule has 0 amide bonds. The summed E-state index contributed by atoms with van der Waals surface area (Å²) in [5.74, 6) is 0. The fraction of sp³-hybridized carbons (Fsp3) is 0.750. The lowest BCUT2D eigenvalue weighted by atomic mass is 10.1. The van der Waals surface area contributed by atoms with Crippen LogP contribution in [-0.4, -0.2) is 34.1 Å². The second kappa shape index (κ2) is 6.66. The Morgan fingerprint density at radius 1 is 1.44 bits per heavy atom. The van der Waals surface area contributed by atoms with E-state index in [-0.39, 0.29) is 0 Å². The Morgan fingerprint density at radius 2 is 2.12 bits per heavy atom. The van der Waals surface area contributed by atoms with Crippen LogP contribution in [0.4, 0.5) is 0 Å². The van der Waals surface area contributed by atoms with E-state index in [0.717, 1.165) is 18.8 Å². The predicted octanol–water partition coefficient (Wildman–Crippen LogP) is 1.46. The highest BCUT2D eigenvalue weighted by molar-refractivity contribution is 4.96. The predicted molar refractivity (Wildman–Crippen MR) is 67.1 cm³/mol. The molecule has 0 radical (unpaired) electrons. The van der Waals surface area contributed by atoms with Gasteiger partial charge in [0.1, 0.15) is 0 Å². The van der Waals surface area contributed by atoms with E-state index in [2.05, 4.69) is 41.5 Å². The number of aromatic nitrogens is 2. The molecule has 2 N–H and O–H groups in total. The van der Waals surface area contributed by atoms with Crippen molar-refractivity contribution in [2.75, 3.05) is 13.6 Å². The highest BCUT2D eigenvalue weighted by Crippen LogP contribution is 2.09. The second-order valence-corrected chi connectivity index (χ2v) is 4.28. The van der Waals surface area contributed by atoms with Gasteiger partial charge >= 0.3 is 0 Å². The van der Waals surface area contributed by atoms with Gasteiger partial charge < -0.3 is 10.3 Å². The van der Waals surface area contributed by atoms with Gasteiger partial charge in [0.05, 0.1) is 12.0 Å². The van der Waals surface area contributed by atoms with E-state index in [9.17, 15) is 0 Å². The molecular formula is C12H24N4. The quantitative estimate of drug-likeness (QED) is 0.763. The minimum Gasteiger partial charge on any atom is -0.336 e. The minimum atomic E-state index is 0.652. The first-order valence-corrected chi connectivity index (χ1v) is 6.12. The van der Waals surface area contributed by atoms with Crippen molar-refractivity contribution in [3.8, 4) is 0 Å². The van der Waals surface area contributed by atoms with E-state index in [1.807, 2.05) is 6.33 Å². The SMILES string of the molecule is CCC(CC)N(C)Cc1cn(CCN)cn1. The van der Waals surface area contributed by atoms with Gasteiger partial charge in [-0.1, -0.05) is 13.8 Å². The van der Waals surface area contributed by atoms with Crippen molar-refractivity contribution in [3.63, 3.8) is 0 Å². The standard InChI is InChI=1S/C12H24N4/c1-4-12(5-2)15(3)8-11-9-16(7-6-13)10-14-11/h9-10,12H,4-8,13H2,1-3H3. The van der Waals surface area contributed by atoms with Crippen LogP contribution in [0.15, 0.2) is 12.5 Å². The maximum Gasteiger partial charge on any atom is 0.0950 e. The summed E-state index contributed by atoms with van der Waals surface area (Å²) in [6.45, 7) is 6.90. The number of nitrogens with two attached hydrogens (primary N) is 1. The molecule has 0 aliphatic rings. The molecule has 1 aromatic rings. The van der Waals surface area contributed by atoms with Gasteiger partial charge in [0.15, 0.2) is 0 Å². The van der Waals surface area contributed by atoms with E-state index in [1.165, 1.54) is 12.8 Å². The lowest BCUT2D eigenvalue weighted by Gasteiger charge is -2.25. The zero-order valence-corrected chi connectivity index (χ0v) is 10.7. The normalized spacial score (nSPS) is 11.6. The molecule has 0 spiro atoms. The Morgan fingerprint density at radius 3 is 2.69 bits per heavy atom. The molecule has 0 aliphatic carbocycles.